The first kappa shape index (κ1) is 25.2. The predicted octanol–water partition coefficient (Wildman–Crippen LogP) is 1.86. The van der Waals surface area contributed by atoms with Crippen LogP contribution >= 0.6 is 0 Å². The summed E-state index contributed by atoms with van der Waals surface area (Å²) in [5.41, 5.74) is 0.139. The molecule has 0 spiro atoms. The fourth-order valence-electron chi connectivity index (χ4n) is 4.00. The minimum atomic E-state index is -0.481. The molecule has 2 atom stereocenters. The molecule has 9 heteroatoms. The average Bonchev–Trinajstić information content (AvgIpc) is 2.75. The first-order valence-corrected chi connectivity index (χ1v) is 11.6. The van der Waals surface area contributed by atoms with Crippen LogP contribution in [0.3, 0.4) is 0 Å². The first-order chi connectivity index (χ1) is 15.8. The number of carbonyl (C=O) groups is 1. The van der Waals surface area contributed by atoms with Gasteiger partial charge in [-0.1, -0.05) is 0 Å². The largest absolute Gasteiger partial charge is 0.491 e. The summed E-state index contributed by atoms with van der Waals surface area (Å²) >= 11 is 0. The molecule has 1 N–H and O–H groups in total. The van der Waals surface area contributed by atoms with E-state index >= 15 is 0 Å². The molecule has 0 aliphatic carbocycles. The molecule has 3 rings (SSSR count). The topological polar surface area (TPSA) is 96.3 Å². The van der Waals surface area contributed by atoms with Crippen molar-refractivity contribution in [3.63, 3.8) is 0 Å². The number of hydrogen-bond donors (Lipinski definition) is 1. The second-order valence-corrected chi connectivity index (χ2v) is 9.42. The van der Waals surface area contributed by atoms with Crippen LogP contribution in [0.15, 0.2) is 24.3 Å². The number of fused-ring (bicyclic) bond motifs is 2. The highest BCUT2D eigenvalue weighted by Gasteiger charge is 2.34. The zero-order chi connectivity index (χ0) is 23.7. The summed E-state index contributed by atoms with van der Waals surface area (Å²) in [5.74, 6) is 0.740. The van der Waals surface area contributed by atoms with Crippen molar-refractivity contribution in [2.45, 2.75) is 38.6 Å². The molecule has 182 valence electrons. The van der Waals surface area contributed by atoms with Crippen LogP contribution < -0.4 is 10.1 Å². The second-order valence-electron chi connectivity index (χ2n) is 9.42. The molecule has 1 aromatic rings. The minimum absolute atomic E-state index is 0.179. The van der Waals surface area contributed by atoms with Crippen LogP contribution in [0, 0.1) is 11.3 Å². The normalized spacial score (nSPS) is 21.3. The number of benzene rings is 1. The summed E-state index contributed by atoms with van der Waals surface area (Å²) < 4.78 is 22.8. The maximum atomic E-state index is 11.8. The van der Waals surface area contributed by atoms with Crippen molar-refractivity contribution in [3.8, 4) is 11.8 Å². The molecule has 9 nitrogen and oxygen atoms in total. The summed E-state index contributed by atoms with van der Waals surface area (Å²) in [7, 11) is 0. The van der Waals surface area contributed by atoms with Crippen LogP contribution in [0.25, 0.3) is 0 Å². The fourth-order valence-corrected chi connectivity index (χ4v) is 4.00. The number of alkyl carbamates (subject to hydrolysis) is 1. The number of amides is 1. The Bertz CT molecular complexity index is 776. The van der Waals surface area contributed by atoms with E-state index in [1.165, 1.54) is 0 Å². The van der Waals surface area contributed by atoms with Gasteiger partial charge in [0.05, 0.1) is 37.1 Å². The van der Waals surface area contributed by atoms with Gasteiger partial charge in [-0.05, 0) is 45.0 Å². The Balaban J connectivity index is 1.25. The lowest BCUT2D eigenvalue weighted by Gasteiger charge is -2.45. The molecule has 2 fully saturated rings. The Hall–Kier alpha value is -2.38. The molecule has 2 aliphatic heterocycles. The number of nitriles is 1. The third kappa shape index (κ3) is 9.18. The SMILES string of the molecule is CC(C)(C)OC(=O)NCCN1CC2CN(CCOCCOc3ccc(C#N)cc3)CC(C1)O2. The van der Waals surface area contributed by atoms with E-state index in [0.29, 0.717) is 31.9 Å². The second kappa shape index (κ2) is 12.2. The maximum Gasteiger partial charge on any atom is 0.407 e. The van der Waals surface area contributed by atoms with E-state index in [4.69, 9.17) is 24.2 Å². The van der Waals surface area contributed by atoms with Crippen molar-refractivity contribution in [2.24, 2.45) is 0 Å². The van der Waals surface area contributed by atoms with E-state index in [9.17, 15) is 4.79 Å². The van der Waals surface area contributed by atoms with Gasteiger partial charge in [0.15, 0.2) is 0 Å². The van der Waals surface area contributed by atoms with Crippen LogP contribution in [0.4, 0.5) is 4.79 Å². The van der Waals surface area contributed by atoms with E-state index in [1.807, 2.05) is 20.8 Å². The van der Waals surface area contributed by atoms with E-state index in [-0.39, 0.29) is 18.3 Å². The van der Waals surface area contributed by atoms with Crippen molar-refractivity contribution in [1.82, 2.24) is 15.1 Å². The molecule has 2 unspecified atom stereocenters. The molecule has 1 amide bonds. The highest BCUT2D eigenvalue weighted by Crippen LogP contribution is 2.19. The maximum absolute atomic E-state index is 11.8. The Labute approximate surface area is 196 Å². The summed E-state index contributed by atoms with van der Waals surface area (Å²) in [6.07, 6.45) is -0.0121. The highest BCUT2D eigenvalue weighted by molar-refractivity contribution is 5.67. The summed E-state index contributed by atoms with van der Waals surface area (Å²) in [5, 5.41) is 11.6. The summed E-state index contributed by atoms with van der Waals surface area (Å²) in [4.78, 5) is 16.5. The number of rotatable bonds is 10. The first-order valence-electron chi connectivity index (χ1n) is 11.6. The smallest absolute Gasteiger partial charge is 0.407 e. The number of ether oxygens (including phenoxy) is 4. The van der Waals surface area contributed by atoms with Gasteiger partial charge in [0, 0.05) is 45.8 Å². The number of nitrogens with zero attached hydrogens (tertiary/aromatic N) is 3. The van der Waals surface area contributed by atoms with E-state index in [2.05, 4.69) is 21.2 Å². The minimum Gasteiger partial charge on any atom is -0.491 e. The molecule has 1 aromatic carbocycles. The van der Waals surface area contributed by atoms with Crippen LogP contribution in [0.5, 0.6) is 5.75 Å². The number of carbonyl (C=O) groups excluding carboxylic acids is 1. The molecule has 2 saturated heterocycles. The van der Waals surface area contributed by atoms with Gasteiger partial charge in [-0.2, -0.15) is 5.26 Å². The molecule has 2 heterocycles. The highest BCUT2D eigenvalue weighted by atomic mass is 16.6. The zero-order valence-corrected chi connectivity index (χ0v) is 19.9. The Morgan fingerprint density at radius 3 is 2.30 bits per heavy atom. The van der Waals surface area contributed by atoms with Crippen LogP contribution in [0.2, 0.25) is 0 Å². The van der Waals surface area contributed by atoms with Crippen molar-refractivity contribution in [3.05, 3.63) is 29.8 Å². The lowest BCUT2D eigenvalue weighted by atomic mass is 10.1. The van der Waals surface area contributed by atoms with Crippen LogP contribution in [-0.4, -0.2) is 99.3 Å². The molecular formula is C24H36N4O5. The van der Waals surface area contributed by atoms with E-state index in [1.54, 1.807) is 24.3 Å². The quantitative estimate of drug-likeness (QED) is 0.529. The third-order valence-corrected chi connectivity index (χ3v) is 5.36. The molecule has 2 aliphatic rings. The molecule has 0 radical (unpaired) electrons. The number of hydrogen-bond acceptors (Lipinski definition) is 8. The van der Waals surface area contributed by atoms with E-state index < -0.39 is 5.60 Å². The fraction of sp³-hybridized carbons (Fsp3) is 0.667. The van der Waals surface area contributed by atoms with Gasteiger partial charge >= 0.3 is 6.09 Å². The van der Waals surface area contributed by atoms with Gasteiger partial charge in [0.25, 0.3) is 0 Å². The predicted molar refractivity (Wildman–Crippen MR) is 123 cm³/mol. The molecule has 33 heavy (non-hydrogen) atoms. The Kier molecular flexibility index (Phi) is 9.32. The van der Waals surface area contributed by atoms with Gasteiger partial charge in [-0.15, -0.1) is 0 Å². The molecule has 0 saturated carbocycles. The monoisotopic (exact) mass is 460 g/mol. The van der Waals surface area contributed by atoms with E-state index in [0.717, 1.165) is 45.0 Å². The van der Waals surface area contributed by atoms with Crippen LogP contribution in [-0.2, 0) is 14.2 Å². The van der Waals surface area contributed by atoms with Crippen molar-refractivity contribution in [1.29, 1.82) is 5.26 Å². The van der Waals surface area contributed by atoms with Crippen LogP contribution in [0.1, 0.15) is 26.3 Å². The molecule has 2 bridgehead atoms. The standard InChI is InChI=1S/C24H36N4O5/c1-24(2,3)33-23(29)26-8-9-27-15-21-17-28(18-22(16-27)32-21)10-11-30-12-13-31-20-6-4-19(14-25)5-7-20/h4-7,21-22H,8-13,15-18H2,1-3H3,(H,26,29). The lowest BCUT2D eigenvalue weighted by molar-refractivity contribution is -0.140. The summed E-state index contributed by atoms with van der Waals surface area (Å²) in [6.45, 7) is 13.0. The van der Waals surface area contributed by atoms with Gasteiger partial charge in [-0.25, -0.2) is 4.79 Å². The van der Waals surface area contributed by atoms with Gasteiger partial charge < -0.3 is 24.3 Å². The summed E-state index contributed by atoms with van der Waals surface area (Å²) in [6, 6.07) is 9.16. The van der Waals surface area contributed by atoms with Gasteiger partial charge in [0.1, 0.15) is 18.0 Å². The Morgan fingerprint density at radius 2 is 1.70 bits per heavy atom. The lowest BCUT2D eigenvalue weighted by Crippen LogP contribution is -2.60. The van der Waals surface area contributed by atoms with Gasteiger partial charge in [-0.3, -0.25) is 9.80 Å². The zero-order valence-electron chi connectivity index (χ0n) is 19.9. The van der Waals surface area contributed by atoms with Crippen molar-refractivity contribution in [2.75, 3.05) is 65.6 Å². The van der Waals surface area contributed by atoms with Crippen molar-refractivity contribution >= 4 is 6.09 Å². The average molecular weight is 461 g/mol. The number of morpholine rings is 2. The third-order valence-electron chi connectivity index (χ3n) is 5.36. The van der Waals surface area contributed by atoms with Crippen molar-refractivity contribution < 1.29 is 23.7 Å². The molecular weight excluding hydrogens is 424 g/mol. The van der Waals surface area contributed by atoms with Gasteiger partial charge in [0.2, 0.25) is 0 Å². The number of nitrogens with one attached hydrogen (secondary N) is 1. The Morgan fingerprint density at radius 1 is 1.06 bits per heavy atom. The molecule has 0 aromatic heterocycles.